The predicted molar refractivity (Wildman–Crippen MR) is 113 cm³/mol. The van der Waals surface area contributed by atoms with Crippen molar-refractivity contribution in [1.82, 2.24) is 19.7 Å². The summed E-state index contributed by atoms with van der Waals surface area (Å²) in [6.45, 7) is 0. The molecule has 144 valence electrons. The Labute approximate surface area is 172 Å². The molecule has 0 spiro atoms. The second-order valence-corrected chi connectivity index (χ2v) is 8.13. The molecule has 7 heteroatoms. The summed E-state index contributed by atoms with van der Waals surface area (Å²) >= 11 is 1.53. The fraction of sp³-hybridized carbons (Fsp3) is 0.182. The van der Waals surface area contributed by atoms with Gasteiger partial charge in [0.05, 0.1) is 11.1 Å². The van der Waals surface area contributed by atoms with Crippen molar-refractivity contribution in [3.63, 3.8) is 0 Å². The van der Waals surface area contributed by atoms with Gasteiger partial charge in [-0.15, -0.1) is 10.2 Å². The van der Waals surface area contributed by atoms with E-state index in [0.29, 0.717) is 0 Å². The number of amides is 1. The van der Waals surface area contributed by atoms with Gasteiger partial charge >= 0.3 is 0 Å². The molecule has 2 aromatic carbocycles. The van der Waals surface area contributed by atoms with Crippen LogP contribution in [0.1, 0.15) is 28.0 Å². The predicted octanol–water partition coefficient (Wildman–Crippen LogP) is 4.26. The Balaban J connectivity index is 1.42. The largest absolute Gasteiger partial charge is 0.322 e. The zero-order valence-corrected chi connectivity index (χ0v) is 16.7. The van der Waals surface area contributed by atoms with Crippen LogP contribution in [0.4, 0.5) is 5.69 Å². The van der Waals surface area contributed by atoms with E-state index < -0.39 is 0 Å². The number of carbonyl (C=O) groups excluding carboxylic acids is 1. The van der Waals surface area contributed by atoms with Crippen LogP contribution in [0.3, 0.4) is 0 Å². The number of nitrogens with zero attached hydrogens (tertiary/aromatic N) is 4. The molecule has 1 aliphatic carbocycles. The normalized spacial score (nSPS) is 12.9. The first kappa shape index (κ1) is 17.9. The van der Waals surface area contributed by atoms with E-state index in [-0.39, 0.29) is 5.91 Å². The Morgan fingerprint density at radius 2 is 1.93 bits per heavy atom. The molecule has 29 heavy (non-hydrogen) atoms. The number of hydrogen-bond donors (Lipinski definition) is 1. The highest BCUT2D eigenvalue weighted by Gasteiger charge is 2.23. The van der Waals surface area contributed by atoms with E-state index >= 15 is 0 Å². The zero-order valence-electron chi connectivity index (χ0n) is 15.9. The van der Waals surface area contributed by atoms with Gasteiger partial charge in [-0.05, 0) is 66.9 Å². The molecule has 4 aromatic rings. The summed E-state index contributed by atoms with van der Waals surface area (Å²) in [5.41, 5.74) is 4.57. The SMILES string of the molecule is Cn1cnnc1Sc1ccc(NC(=O)c2c3c(nc4ccccc24)CCC3)cc1. The number of carbonyl (C=O) groups is 1. The van der Waals surface area contributed by atoms with Gasteiger partial charge in [-0.1, -0.05) is 18.2 Å². The Morgan fingerprint density at radius 1 is 1.10 bits per heavy atom. The molecule has 2 heterocycles. The van der Waals surface area contributed by atoms with Crippen molar-refractivity contribution in [2.24, 2.45) is 7.05 Å². The first-order chi connectivity index (χ1) is 14.2. The number of hydrogen-bond acceptors (Lipinski definition) is 5. The number of anilines is 1. The van der Waals surface area contributed by atoms with Gasteiger partial charge in [0.2, 0.25) is 0 Å². The van der Waals surface area contributed by atoms with Gasteiger partial charge < -0.3 is 9.88 Å². The second-order valence-electron chi connectivity index (χ2n) is 7.09. The van der Waals surface area contributed by atoms with Crippen LogP contribution in [0, 0.1) is 0 Å². The number of aryl methyl sites for hydroxylation is 2. The van der Waals surface area contributed by atoms with Crippen LogP contribution < -0.4 is 5.32 Å². The summed E-state index contributed by atoms with van der Waals surface area (Å²) in [5, 5.41) is 12.8. The molecule has 0 unspecified atom stereocenters. The molecule has 0 aliphatic heterocycles. The lowest BCUT2D eigenvalue weighted by Gasteiger charge is -2.13. The quantitative estimate of drug-likeness (QED) is 0.553. The van der Waals surface area contributed by atoms with E-state index in [1.54, 1.807) is 6.33 Å². The molecular formula is C22H19N5OS. The second kappa shape index (κ2) is 7.33. The molecular weight excluding hydrogens is 382 g/mol. The summed E-state index contributed by atoms with van der Waals surface area (Å²) in [6, 6.07) is 15.7. The number of rotatable bonds is 4. The van der Waals surface area contributed by atoms with Gasteiger partial charge in [0.25, 0.3) is 5.91 Å². The molecule has 0 fully saturated rings. The van der Waals surface area contributed by atoms with Gasteiger partial charge in [-0.3, -0.25) is 9.78 Å². The van der Waals surface area contributed by atoms with Crippen molar-refractivity contribution >= 4 is 34.3 Å². The van der Waals surface area contributed by atoms with Crippen LogP contribution in [0.25, 0.3) is 10.9 Å². The Hall–Kier alpha value is -3.19. The van der Waals surface area contributed by atoms with Gasteiger partial charge in [-0.25, -0.2) is 0 Å². The summed E-state index contributed by atoms with van der Waals surface area (Å²) in [6.07, 6.45) is 4.57. The third-order valence-electron chi connectivity index (χ3n) is 5.14. The van der Waals surface area contributed by atoms with E-state index in [1.165, 1.54) is 11.8 Å². The van der Waals surface area contributed by atoms with Crippen molar-refractivity contribution in [1.29, 1.82) is 0 Å². The van der Waals surface area contributed by atoms with Gasteiger partial charge in [0.1, 0.15) is 6.33 Å². The lowest BCUT2D eigenvalue weighted by atomic mass is 10.0. The van der Waals surface area contributed by atoms with Crippen LogP contribution in [0.15, 0.2) is 64.9 Å². The summed E-state index contributed by atoms with van der Waals surface area (Å²) < 4.78 is 1.87. The fourth-order valence-corrected chi connectivity index (χ4v) is 4.50. The van der Waals surface area contributed by atoms with E-state index in [4.69, 9.17) is 4.98 Å². The van der Waals surface area contributed by atoms with Crippen LogP contribution >= 0.6 is 11.8 Å². The zero-order chi connectivity index (χ0) is 19.8. The average Bonchev–Trinajstić information content (AvgIpc) is 3.36. The molecule has 0 bridgehead atoms. The van der Waals surface area contributed by atoms with Gasteiger partial charge in [0.15, 0.2) is 5.16 Å². The molecule has 1 amide bonds. The third-order valence-corrected chi connectivity index (χ3v) is 6.20. The number of pyridine rings is 1. The Bertz CT molecular complexity index is 1220. The molecule has 1 aliphatic rings. The highest BCUT2D eigenvalue weighted by atomic mass is 32.2. The van der Waals surface area contributed by atoms with Gasteiger partial charge in [0, 0.05) is 28.7 Å². The number of para-hydroxylation sites is 1. The molecule has 2 aromatic heterocycles. The van der Waals surface area contributed by atoms with E-state index in [9.17, 15) is 4.79 Å². The average molecular weight is 401 g/mol. The molecule has 1 N–H and O–H groups in total. The third kappa shape index (κ3) is 3.38. The van der Waals surface area contributed by atoms with Crippen molar-refractivity contribution in [3.05, 3.63) is 71.7 Å². The van der Waals surface area contributed by atoms with Crippen molar-refractivity contribution in [2.75, 3.05) is 5.32 Å². The van der Waals surface area contributed by atoms with Crippen LogP contribution in [0.5, 0.6) is 0 Å². The molecule has 0 saturated heterocycles. The topological polar surface area (TPSA) is 72.7 Å². The molecule has 0 saturated carbocycles. The number of nitrogens with one attached hydrogen (secondary N) is 1. The fourth-order valence-electron chi connectivity index (χ4n) is 3.74. The van der Waals surface area contributed by atoms with E-state index in [0.717, 1.165) is 62.7 Å². The Kier molecular flexibility index (Phi) is 4.52. The first-order valence-corrected chi connectivity index (χ1v) is 10.3. The van der Waals surface area contributed by atoms with Gasteiger partial charge in [-0.2, -0.15) is 0 Å². The Morgan fingerprint density at radius 3 is 2.72 bits per heavy atom. The van der Waals surface area contributed by atoms with Crippen LogP contribution in [-0.4, -0.2) is 25.7 Å². The van der Waals surface area contributed by atoms with Crippen molar-refractivity contribution < 1.29 is 4.79 Å². The summed E-state index contributed by atoms with van der Waals surface area (Å²) in [4.78, 5) is 19.0. The lowest BCUT2D eigenvalue weighted by molar-refractivity contribution is 0.102. The first-order valence-electron chi connectivity index (χ1n) is 9.53. The molecule has 5 rings (SSSR count). The maximum absolute atomic E-state index is 13.2. The lowest BCUT2D eigenvalue weighted by Crippen LogP contribution is -2.15. The number of benzene rings is 2. The minimum atomic E-state index is -0.0737. The molecule has 0 atom stereocenters. The van der Waals surface area contributed by atoms with Crippen LogP contribution in [0.2, 0.25) is 0 Å². The smallest absolute Gasteiger partial charge is 0.256 e. The van der Waals surface area contributed by atoms with Crippen molar-refractivity contribution in [2.45, 2.75) is 29.3 Å². The van der Waals surface area contributed by atoms with Crippen LogP contribution in [-0.2, 0) is 19.9 Å². The maximum atomic E-state index is 13.2. The minimum absolute atomic E-state index is 0.0737. The highest BCUT2D eigenvalue weighted by molar-refractivity contribution is 7.99. The molecule has 6 nitrogen and oxygen atoms in total. The summed E-state index contributed by atoms with van der Waals surface area (Å²) in [7, 11) is 1.91. The highest BCUT2D eigenvalue weighted by Crippen LogP contribution is 2.31. The number of aromatic nitrogens is 4. The minimum Gasteiger partial charge on any atom is -0.322 e. The van der Waals surface area contributed by atoms with E-state index in [1.807, 2.05) is 60.1 Å². The van der Waals surface area contributed by atoms with E-state index in [2.05, 4.69) is 15.5 Å². The standard InChI is InChI=1S/C22H19N5OS/c1-27-13-23-26-22(27)29-15-11-9-14(10-12-15)24-21(28)20-16-5-2-3-7-18(16)25-19-8-4-6-17(19)20/h2-3,5,7,9-13H,4,6,8H2,1H3,(H,24,28). The van der Waals surface area contributed by atoms with Crippen molar-refractivity contribution in [3.8, 4) is 0 Å². The maximum Gasteiger partial charge on any atom is 0.256 e. The monoisotopic (exact) mass is 401 g/mol. The number of fused-ring (bicyclic) bond motifs is 2. The molecule has 0 radical (unpaired) electrons. The summed E-state index contributed by atoms with van der Waals surface area (Å²) in [5.74, 6) is -0.0737.